The molecule has 0 aromatic rings. The lowest BCUT2D eigenvalue weighted by Gasteiger charge is -2.21. The van der Waals surface area contributed by atoms with Crippen molar-refractivity contribution in [2.24, 2.45) is 0 Å². The fourth-order valence-electron chi connectivity index (χ4n) is 10.2. The summed E-state index contributed by atoms with van der Waals surface area (Å²) < 4.78 is 68.5. The zero-order valence-electron chi connectivity index (χ0n) is 64.9. The van der Waals surface area contributed by atoms with Crippen molar-refractivity contribution < 1.29 is 80.2 Å². The quantitative estimate of drug-likeness (QED) is 0.0169. The van der Waals surface area contributed by atoms with Crippen molar-refractivity contribution in [3.05, 3.63) is 146 Å². The van der Waals surface area contributed by atoms with Crippen LogP contribution in [0.15, 0.2) is 146 Å². The van der Waals surface area contributed by atoms with Gasteiger partial charge in [0.2, 0.25) is 0 Å². The van der Waals surface area contributed by atoms with Gasteiger partial charge in [0.25, 0.3) is 0 Å². The molecule has 0 saturated heterocycles. The lowest BCUT2D eigenvalue weighted by atomic mass is 10.1. The first-order valence-corrected chi connectivity index (χ1v) is 43.1. The van der Waals surface area contributed by atoms with E-state index >= 15 is 0 Å². The summed E-state index contributed by atoms with van der Waals surface area (Å²) in [5.74, 6) is -2.28. The monoisotopic (exact) mass is 1500 g/mol. The largest absolute Gasteiger partial charge is 0.472 e. The Labute approximate surface area is 630 Å². The van der Waals surface area contributed by atoms with E-state index in [9.17, 15) is 43.2 Å². The molecule has 0 fully saturated rings. The van der Waals surface area contributed by atoms with E-state index in [1.807, 2.05) is 0 Å². The Morgan fingerprint density at radius 2 is 0.500 bits per heavy atom. The SMILES string of the molecule is CC/C=C\C/C=C\C/C=C\C/C=C\CCCCCCC(=O)OC(COC(=O)CCCCCCCC/C=C\C/C=C\C/C=C\CCCCC)COP(=O)(O)OCC(O)COP(=O)(O)OCC(COC(=O)CCCC/C=C\C/C=C\C/C=C\C/C=C\CC)OC(=O)CCCCCCC/C=C\CCCCCC. The second-order valence-corrected chi connectivity index (χ2v) is 29.1. The third-order valence-corrected chi connectivity index (χ3v) is 18.2. The molecule has 19 heteroatoms. The average Bonchev–Trinajstić information content (AvgIpc) is 0.917. The van der Waals surface area contributed by atoms with Gasteiger partial charge in [-0.25, -0.2) is 9.13 Å². The Morgan fingerprint density at radius 3 is 0.817 bits per heavy atom. The Hall–Kier alpha value is -5.06. The predicted molar refractivity (Wildman–Crippen MR) is 427 cm³/mol. The number of hydrogen-bond donors (Lipinski definition) is 3. The first-order chi connectivity index (χ1) is 50.7. The van der Waals surface area contributed by atoms with Gasteiger partial charge in [-0.1, -0.05) is 263 Å². The first kappa shape index (κ1) is 98.9. The van der Waals surface area contributed by atoms with Crippen molar-refractivity contribution in [1.29, 1.82) is 0 Å². The Balaban J connectivity index is 5.43. The fourth-order valence-corrected chi connectivity index (χ4v) is 11.8. The van der Waals surface area contributed by atoms with Gasteiger partial charge in [-0.2, -0.15) is 0 Å². The molecular weight excluding hydrogens is 1350 g/mol. The van der Waals surface area contributed by atoms with Crippen LogP contribution in [0.25, 0.3) is 0 Å². The number of phosphoric ester groups is 2. The van der Waals surface area contributed by atoms with Crippen LogP contribution in [0.2, 0.25) is 0 Å². The molecule has 0 aromatic heterocycles. The van der Waals surface area contributed by atoms with Crippen molar-refractivity contribution in [2.45, 2.75) is 329 Å². The van der Waals surface area contributed by atoms with Crippen LogP contribution in [0.1, 0.15) is 310 Å². The number of allylic oxidation sites excluding steroid dienone is 24. The van der Waals surface area contributed by atoms with Gasteiger partial charge in [0.05, 0.1) is 26.4 Å². The molecular formula is C85H142O17P2. The van der Waals surface area contributed by atoms with Crippen molar-refractivity contribution in [3.8, 4) is 0 Å². The van der Waals surface area contributed by atoms with Crippen LogP contribution in [0.5, 0.6) is 0 Å². The normalized spacial score (nSPS) is 14.6. The second kappa shape index (κ2) is 76.1. The summed E-state index contributed by atoms with van der Waals surface area (Å²) in [4.78, 5) is 73.0. The summed E-state index contributed by atoms with van der Waals surface area (Å²) >= 11 is 0. The van der Waals surface area contributed by atoms with Gasteiger partial charge >= 0.3 is 39.5 Å². The van der Waals surface area contributed by atoms with Crippen molar-refractivity contribution in [3.63, 3.8) is 0 Å². The number of hydrogen-bond acceptors (Lipinski definition) is 15. The highest BCUT2D eigenvalue weighted by Crippen LogP contribution is 2.45. The molecule has 0 aliphatic carbocycles. The Bertz CT molecular complexity index is 2540. The molecule has 0 bridgehead atoms. The minimum atomic E-state index is -5.00. The minimum Gasteiger partial charge on any atom is -0.462 e. The molecule has 3 N–H and O–H groups in total. The number of unbranched alkanes of at least 4 members (excludes halogenated alkanes) is 24. The highest BCUT2D eigenvalue weighted by molar-refractivity contribution is 7.47. The predicted octanol–water partition coefficient (Wildman–Crippen LogP) is 23.4. The maximum Gasteiger partial charge on any atom is 0.472 e. The number of esters is 4. The fraction of sp³-hybridized carbons (Fsp3) is 0.671. The number of rotatable bonds is 74. The number of aliphatic hydroxyl groups is 1. The molecule has 0 amide bonds. The van der Waals surface area contributed by atoms with Crippen LogP contribution in [0.4, 0.5) is 0 Å². The lowest BCUT2D eigenvalue weighted by molar-refractivity contribution is -0.161. The van der Waals surface area contributed by atoms with Gasteiger partial charge < -0.3 is 33.8 Å². The van der Waals surface area contributed by atoms with Gasteiger partial charge in [0.1, 0.15) is 19.3 Å². The van der Waals surface area contributed by atoms with Gasteiger partial charge in [-0.05, 0) is 167 Å². The molecule has 0 rings (SSSR count). The van der Waals surface area contributed by atoms with Gasteiger partial charge in [-0.3, -0.25) is 37.3 Å². The molecule has 0 heterocycles. The smallest absolute Gasteiger partial charge is 0.462 e. The number of aliphatic hydroxyl groups excluding tert-OH is 1. The van der Waals surface area contributed by atoms with Crippen LogP contribution in [0, 0.1) is 0 Å². The molecule has 594 valence electrons. The van der Waals surface area contributed by atoms with E-state index < -0.39 is 97.5 Å². The topological polar surface area (TPSA) is 237 Å². The van der Waals surface area contributed by atoms with Crippen LogP contribution < -0.4 is 0 Å². The molecule has 0 aromatic carbocycles. The average molecular weight is 1500 g/mol. The molecule has 5 unspecified atom stereocenters. The van der Waals surface area contributed by atoms with E-state index in [-0.39, 0.29) is 25.7 Å². The van der Waals surface area contributed by atoms with Gasteiger partial charge in [-0.15, -0.1) is 0 Å². The highest BCUT2D eigenvalue weighted by atomic mass is 31.2. The summed E-state index contributed by atoms with van der Waals surface area (Å²) in [6.07, 6.45) is 86.8. The third-order valence-electron chi connectivity index (χ3n) is 16.3. The van der Waals surface area contributed by atoms with E-state index in [1.54, 1.807) is 0 Å². The lowest BCUT2D eigenvalue weighted by Crippen LogP contribution is -2.30. The van der Waals surface area contributed by atoms with E-state index in [0.29, 0.717) is 25.7 Å². The van der Waals surface area contributed by atoms with Gasteiger partial charge in [0, 0.05) is 25.7 Å². The maximum absolute atomic E-state index is 13.1. The summed E-state index contributed by atoms with van der Waals surface area (Å²) in [7, 11) is -9.99. The number of carbonyl (C=O) groups excluding carboxylic acids is 4. The summed E-state index contributed by atoms with van der Waals surface area (Å²) in [6.45, 7) is 4.51. The van der Waals surface area contributed by atoms with E-state index in [4.69, 9.17) is 37.0 Å². The first-order valence-electron chi connectivity index (χ1n) is 40.1. The summed E-state index contributed by atoms with van der Waals surface area (Å²) in [6, 6.07) is 0. The molecule has 5 atom stereocenters. The summed E-state index contributed by atoms with van der Waals surface area (Å²) in [5.41, 5.74) is 0. The van der Waals surface area contributed by atoms with E-state index in [2.05, 4.69) is 174 Å². The van der Waals surface area contributed by atoms with Crippen molar-refractivity contribution in [2.75, 3.05) is 39.6 Å². The third kappa shape index (κ3) is 75.2. The zero-order valence-corrected chi connectivity index (χ0v) is 66.7. The van der Waals surface area contributed by atoms with E-state index in [1.165, 1.54) is 44.9 Å². The zero-order chi connectivity index (χ0) is 76.0. The van der Waals surface area contributed by atoms with Crippen LogP contribution in [-0.2, 0) is 65.4 Å². The number of phosphoric acid groups is 2. The molecule has 0 aliphatic heterocycles. The molecule has 104 heavy (non-hydrogen) atoms. The Kier molecular flexibility index (Phi) is 72.4. The van der Waals surface area contributed by atoms with Crippen molar-refractivity contribution >= 4 is 39.5 Å². The van der Waals surface area contributed by atoms with E-state index in [0.717, 1.165) is 186 Å². The van der Waals surface area contributed by atoms with Crippen LogP contribution in [0.3, 0.4) is 0 Å². The van der Waals surface area contributed by atoms with Crippen LogP contribution in [-0.4, -0.2) is 96.7 Å². The molecule has 0 aliphatic rings. The molecule has 0 spiro atoms. The highest BCUT2D eigenvalue weighted by Gasteiger charge is 2.30. The Morgan fingerprint density at radius 1 is 0.279 bits per heavy atom. The molecule has 0 radical (unpaired) electrons. The summed E-state index contributed by atoms with van der Waals surface area (Å²) in [5, 5.41) is 10.6. The van der Waals surface area contributed by atoms with Crippen LogP contribution >= 0.6 is 15.6 Å². The molecule has 17 nitrogen and oxygen atoms in total. The molecule has 0 saturated carbocycles. The maximum atomic E-state index is 13.1. The number of ether oxygens (including phenoxy) is 4. The second-order valence-electron chi connectivity index (χ2n) is 26.2. The van der Waals surface area contributed by atoms with Crippen molar-refractivity contribution in [1.82, 2.24) is 0 Å². The number of carbonyl (C=O) groups is 4. The minimum absolute atomic E-state index is 0.0588. The van der Waals surface area contributed by atoms with Gasteiger partial charge in [0.15, 0.2) is 12.2 Å². The standard InChI is InChI=1S/C85H142O17P2/c1-5-9-13-17-21-25-29-33-36-38-39-41-43-47-50-54-58-62-66-70-83(88)96-76-81(102-85(90)72-68-64-60-56-52-48-44-40-37-34-30-26-22-18-14-10-6-2)78-100-104(93,94)98-74-79(86)73-97-103(91,92)99-77-80(101-84(89)71-67-63-59-55-51-45-32-28-24-20-16-12-8-4)75-95-82(87)69-65-61-57-53-49-46-42-35-31-27-23-19-15-11-7-3/h10-11,14-15,21-23,25-28,32-37,39,41-42,44,48-49,53,79-81,86H,5-9,12-13,16-20,24,29-31,38,40,43,45-47,50-52,54-78H2,1-4H3,(H,91,92)(H,93,94)/b14-10-,15-11-,25-21-,26-22-,27-23-,32-28-,36-33-,37-34-,41-39-,42-35-,48-44-,53-49-.